The second-order valence-electron chi connectivity index (χ2n) is 9.25. The summed E-state index contributed by atoms with van der Waals surface area (Å²) in [6, 6.07) is 0.447. The largest absolute Gasteiger partial charge is 0.444 e. The Labute approximate surface area is 156 Å². The second kappa shape index (κ2) is 7.94. The van der Waals surface area contributed by atoms with Gasteiger partial charge in [0.15, 0.2) is 5.82 Å². The summed E-state index contributed by atoms with van der Waals surface area (Å²) in [6.45, 7) is 15.3. The van der Waals surface area contributed by atoms with E-state index in [0.29, 0.717) is 18.3 Å². The van der Waals surface area contributed by atoms with Crippen LogP contribution in [0.3, 0.4) is 0 Å². The molecule has 1 aromatic heterocycles. The zero-order chi connectivity index (χ0) is 19.5. The SMILES string of the molecule is CC(CC1CCCN1C(=O)OC(C)(C)C)NCc1noc(C(C)(C)C)n1. The van der Waals surface area contributed by atoms with Crippen LogP contribution in [-0.2, 0) is 16.7 Å². The summed E-state index contributed by atoms with van der Waals surface area (Å²) in [5.41, 5.74) is -0.605. The average Bonchev–Trinajstić information content (AvgIpc) is 3.11. The number of rotatable bonds is 5. The van der Waals surface area contributed by atoms with Crippen LogP contribution in [0.25, 0.3) is 0 Å². The van der Waals surface area contributed by atoms with Crippen molar-refractivity contribution in [1.82, 2.24) is 20.4 Å². The van der Waals surface area contributed by atoms with E-state index < -0.39 is 5.60 Å². The standard InChI is InChI=1S/C19H34N4O3/c1-13(20-12-15-21-16(26-22-15)18(2,3)4)11-14-9-8-10-23(14)17(24)25-19(5,6)7/h13-14,20H,8-12H2,1-7H3. The molecule has 0 bridgehead atoms. The predicted octanol–water partition coefficient (Wildman–Crippen LogP) is 3.63. The summed E-state index contributed by atoms with van der Waals surface area (Å²) in [6.07, 6.45) is 2.71. The Kier molecular flexibility index (Phi) is 6.32. The summed E-state index contributed by atoms with van der Waals surface area (Å²) in [5.74, 6) is 1.31. The maximum atomic E-state index is 12.4. The first-order valence-corrected chi connectivity index (χ1v) is 9.52. The van der Waals surface area contributed by atoms with Crippen LogP contribution < -0.4 is 5.32 Å². The molecule has 26 heavy (non-hydrogen) atoms. The average molecular weight is 367 g/mol. The Balaban J connectivity index is 1.84. The van der Waals surface area contributed by atoms with E-state index in [1.54, 1.807) is 0 Å². The van der Waals surface area contributed by atoms with Gasteiger partial charge < -0.3 is 19.5 Å². The van der Waals surface area contributed by atoms with Crippen molar-refractivity contribution in [2.45, 2.75) is 97.4 Å². The smallest absolute Gasteiger partial charge is 0.410 e. The van der Waals surface area contributed by atoms with Crippen molar-refractivity contribution >= 4 is 6.09 Å². The molecule has 2 rings (SSSR count). The van der Waals surface area contributed by atoms with Crippen LogP contribution in [0.1, 0.15) is 79.4 Å². The molecule has 2 unspecified atom stereocenters. The number of aromatic nitrogens is 2. The van der Waals surface area contributed by atoms with Crippen LogP contribution in [0.15, 0.2) is 4.52 Å². The van der Waals surface area contributed by atoms with E-state index in [0.717, 1.165) is 25.8 Å². The first-order valence-electron chi connectivity index (χ1n) is 9.52. The fourth-order valence-corrected chi connectivity index (χ4v) is 3.03. The first kappa shape index (κ1) is 20.7. The van der Waals surface area contributed by atoms with Crippen LogP contribution in [0.4, 0.5) is 4.79 Å². The van der Waals surface area contributed by atoms with Crippen molar-refractivity contribution in [3.05, 3.63) is 11.7 Å². The summed E-state index contributed by atoms with van der Waals surface area (Å²) < 4.78 is 10.9. The lowest BCUT2D eigenvalue weighted by Gasteiger charge is -2.30. The molecule has 1 fully saturated rings. The molecule has 0 aromatic carbocycles. The molecular formula is C19H34N4O3. The van der Waals surface area contributed by atoms with E-state index in [4.69, 9.17) is 9.26 Å². The Morgan fingerprint density at radius 3 is 2.62 bits per heavy atom. The third kappa shape index (κ3) is 5.97. The minimum Gasteiger partial charge on any atom is -0.444 e. The van der Waals surface area contributed by atoms with Gasteiger partial charge in [0.05, 0.1) is 6.54 Å². The monoisotopic (exact) mass is 366 g/mol. The normalized spacial score (nSPS) is 19.7. The van der Waals surface area contributed by atoms with E-state index in [2.05, 4.69) is 22.4 Å². The quantitative estimate of drug-likeness (QED) is 0.857. The van der Waals surface area contributed by atoms with Crippen molar-refractivity contribution in [2.24, 2.45) is 0 Å². The molecule has 7 heteroatoms. The van der Waals surface area contributed by atoms with Crippen LogP contribution in [0.2, 0.25) is 0 Å². The molecule has 0 spiro atoms. The van der Waals surface area contributed by atoms with Gasteiger partial charge in [0.2, 0.25) is 5.89 Å². The highest BCUT2D eigenvalue weighted by molar-refractivity contribution is 5.68. The van der Waals surface area contributed by atoms with E-state index in [1.165, 1.54) is 0 Å². The van der Waals surface area contributed by atoms with Gasteiger partial charge in [0.1, 0.15) is 5.60 Å². The van der Waals surface area contributed by atoms with Gasteiger partial charge in [-0.25, -0.2) is 4.79 Å². The van der Waals surface area contributed by atoms with Crippen LogP contribution in [0.5, 0.6) is 0 Å². The molecule has 1 aliphatic heterocycles. The molecule has 0 radical (unpaired) electrons. The van der Waals surface area contributed by atoms with E-state index in [-0.39, 0.29) is 23.6 Å². The van der Waals surface area contributed by atoms with Gasteiger partial charge in [-0.15, -0.1) is 0 Å². The van der Waals surface area contributed by atoms with Gasteiger partial charge >= 0.3 is 6.09 Å². The van der Waals surface area contributed by atoms with Gasteiger partial charge in [-0.2, -0.15) is 4.98 Å². The predicted molar refractivity (Wildman–Crippen MR) is 99.9 cm³/mol. The number of likely N-dealkylation sites (tertiary alicyclic amines) is 1. The summed E-state index contributed by atoms with van der Waals surface area (Å²) in [4.78, 5) is 18.7. The third-order valence-electron chi connectivity index (χ3n) is 4.35. The van der Waals surface area contributed by atoms with E-state index in [9.17, 15) is 4.79 Å². The minimum absolute atomic E-state index is 0.144. The highest BCUT2D eigenvalue weighted by atomic mass is 16.6. The van der Waals surface area contributed by atoms with Crippen molar-refractivity contribution in [2.75, 3.05) is 6.54 Å². The summed E-state index contributed by atoms with van der Waals surface area (Å²) in [5, 5.41) is 7.47. The van der Waals surface area contributed by atoms with Crippen LogP contribution in [-0.4, -0.2) is 45.4 Å². The zero-order valence-corrected chi connectivity index (χ0v) is 17.3. The Bertz CT molecular complexity index is 601. The lowest BCUT2D eigenvalue weighted by Crippen LogP contribution is -2.42. The number of amides is 1. The van der Waals surface area contributed by atoms with Crippen molar-refractivity contribution in [3.8, 4) is 0 Å². The molecule has 148 valence electrons. The number of nitrogens with zero attached hydrogens (tertiary/aromatic N) is 3. The van der Waals surface area contributed by atoms with E-state index >= 15 is 0 Å². The molecule has 1 amide bonds. The van der Waals surface area contributed by atoms with Crippen molar-refractivity contribution < 1.29 is 14.1 Å². The summed E-state index contributed by atoms with van der Waals surface area (Å²) in [7, 11) is 0. The highest BCUT2D eigenvalue weighted by Gasteiger charge is 2.33. The minimum atomic E-state index is -0.461. The number of ether oxygens (including phenoxy) is 1. The van der Waals surface area contributed by atoms with Gasteiger partial charge in [-0.05, 0) is 47.0 Å². The molecule has 1 aliphatic rings. The second-order valence-corrected chi connectivity index (χ2v) is 9.25. The molecule has 0 saturated carbocycles. The molecule has 0 aliphatic carbocycles. The van der Waals surface area contributed by atoms with Crippen LogP contribution >= 0.6 is 0 Å². The molecule has 1 N–H and O–H groups in total. The zero-order valence-electron chi connectivity index (χ0n) is 17.3. The number of nitrogens with one attached hydrogen (secondary N) is 1. The van der Waals surface area contributed by atoms with E-state index in [1.807, 2.05) is 46.4 Å². The number of carbonyl (C=O) groups excluding carboxylic acids is 1. The Morgan fingerprint density at radius 1 is 1.35 bits per heavy atom. The van der Waals surface area contributed by atoms with Gasteiger partial charge in [0, 0.05) is 24.0 Å². The topological polar surface area (TPSA) is 80.5 Å². The van der Waals surface area contributed by atoms with Crippen molar-refractivity contribution in [3.63, 3.8) is 0 Å². The maximum absolute atomic E-state index is 12.4. The highest BCUT2D eigenvalue weighted by Crippen LogP contribution is 2.24. The van der Waals surface area contributed by atoms with Crippen LogP contribution in [0, 0.1) is 0 Å². The molecule has 2 atom stereocenters. The number of carbonyl (C=O) groups is 1. The molecule has 1 saturated heterocycles. The molecule has 7 nitrogen and oxygen atoms in total. The molecular weight excluding hydrogens is 332 g/mol. The third-order valence-corrected chi connectivity index (χ3v) is 4.35. The fourth-order valence-electron chi connectivity index (χ4n) is 3.03. The number of hydrogen-bond acceptors (Lipinski definition) is 6. The number of hydrogen-bond donors (Lipinski definition) is 1. The van der Waals surface area contributed by atoms with Gasteiger partial charge in [-0.1, -0.05) is 25.9 Å². The van der Waals surface area contributed by atoms with Crippen molar-refractivity contribution in [1.29, 1.82) is 0 Å². The summed E-state index contributed by atoms with van der Waals surface area (Å²) >= 11 is 0. The first-order chi connectivity index (χ1) is 12.0. The Hall–Kier alpha value is -1.63. The molecule has 2 heterocycles. The van der Waals surface area contributed by atoms with Gasteiger partial charge in [0.25, 0.3) is 0 Å². The lowest BCUT2D eigenvalue weighted by atomic mass is 9.97. The van der Waals surface area contributed by atoms with Gasteiger partial charge in [-0.3, -0.25) is 0 Å². The Morgan fingerprint density at radius 2 is 2.04 bits per heavy atom. The lowest BCUT2D eigenvalue weighted by molar-refractivity contribution is 0.0214. The fraction of sp³-hybridized carbons (Fsp3) is 0.842. The molecule has 1 aromatic rings. The maximum Gasteiger partial charge on any atom is 0.410 e.